The molecule has 0 rings (SSSR count). The first kappa shape index (κ1) is 19.1. The number of halogens is 1. The number of unbranched alkanes of at least 4 members (excludes halogenated alkanes) is 3. The molecular weight excluding hydrogens is 445 g/mol. The first-order valence-corrected chi connectivity index (χ1v) is 20.9. The van der Waals surface area contributed by atoms with Crippen LogP contribution in [0.25, 0.3) is 0 Å². The summed E-state index contributed by atoms with van der Waals surface area (Å²) in [4.78, 5) is 0. The molecule has 0 aliphatic carbocycles. The topological polar surface area (TPSA) is 0 Å². The maximum atomic E-state index is 7.07. The first-order chi connectivity index (χ1) is 8.18. The summed E-state index contributed by atoms with van der Waals surface area (Å²) in [5, 5.41) is 4.42. The molecule has 0 aliphatic heterocycles. The van der Waals surface area contributed by atoms with E-state index in [0.29, 0.717) is 0 Å². The van der Waals surface area contributed by atoms with Crippen molar-refractivity contribution in [3.8, 4) is 0 Å². The second kappa shape index (κ2) is 13.1. The molecule has 0 heterocycles. The predicted octanol–water partition coefficient (Wildman–Crippen LogP) is 4.43. The van der Waals surface area contributed by atoms with Gasteiger partial charge in [-0.2, -0.15) is 0 Å². The zero-order chi connectivity index (χ0) is 13.0. The van der Waals surface area contributed by atoms with Gasteiger partial charge < -0.3 is 0 Å². The van der Waals surface area contributed by atoms with Crippen LogP contribution < -0.4 is 0 Å². The predicted molar refractivity (Wildman–Crippen MR) is 88.0 cm³/mol. The number of hydrogen-bond acceptors (Lipinski definition) is 0. The second-order valence-electron chi connectivity index (χ2n) is 4.09. The van der Waals surface area contributed by atoms with E-state index in [1.54, 1.807) is 0 Å². The van der Waals surface area contributed by atoms with Crippen LogP contribution >= 0.6 is 11.1 Å². The third-order valence-corrected chi connectivity index (χ3v) is 44.4. The fourth-order valence-electron chi connectivity index (χ4n) is 1.14. The molecule has 0 saturated carbocycles. The fraction of sp³-hybridized carbons (Fsp3) is 1.00. The van der Waals surface area contributed by atoms with E-state index < -0.39 is 3.20 Å². The van der Waals surface area contributed by atoms with Crippen molar-refractivity contribution in [3.63, 3.8) is 0 Å². The van der Waals surface area contributed by atoms with Crippen LogP contribution in [0.1, 0.15) is 59.3 Å². The minimum absolute atomic E-state index is 0.839. The van der Waals surface area contributed by atoms with E-state index in [2.05, 4.69) is 20.8 Å². The Labute approximate surface area is 131 Å². The SMILES string of the molecule is CCCC[Se][Si](Cl)([Se]CCCC)[Se]CCCC. The van der Waals surface area contributed by atoms with Crippen molar-refractivity contribution in [3.05, 3.63) is 0 Å². The van der Waals surface area contributed by atoms with Gasteiger partial charge in [-0.3, -0.25) is 0 Å². The van der Waals surface area contributed by atoms with Gasteiger partial charge in [0.25, 0.3) is 0 Å². The summed E-state index contributed by atoms with van der Waals surface area (Å²) in [6.45, 7) is 6.91. The summed E-state index contributed by atoms with van der Waals surface area (Å²) in [5.74, 6) is 0. The van der Waals surface area contributed by atoms with Gasteiger partial charge in [-0.05, 0) is 0 Å². The van der Waals surface area contributed by atoms with Gasteiger partial charge in [0, 0.05) is 0 Å². The van der Waals surface area contributed by atoms with Crippen LogP contribution in [0.4, 0.5) is 0 Å². The molecule has 0 amide bonds. The van der Waals surface area contributed by atoms with Crippen molar-refractivity contribution in [2.75, 3.05) is 0 Å². The van der Waals surface area contributed by atoms with Gasteiger partial charge >= 0.3 is 132 Å². The summed E-state index contributed by atoms with van der Waals surface area (Å²) in [5.41, 5.74) is 0. The molecule has 0 aromatic carbocycles. The Morgan fingerprint density at radius 2 is 1.00 bits per heavy atom. The molecule has 0 fully saturated rings. The summed E-state index contributed by atoms with van der Waals surface area (Å²) in [6, 6.07) is 0. The summed E-state index contributed by atoms with van der Waals surface area (Å²) >= 11 is 9.59. The van der Waals surface area contributed by atoms with Crippen molar-refractivity contribution in [1.29, 1.82) is 0 Å². The van der Waals surface area contributed by atoms with E-state index >= 15 is 0 Å². The van der Waals surface area contributed by atoms with Crippen molar-refractivity contribution in [2.45, 2.75) is 75.3 Å². The molecule has 0 atom stereocenters. The van der Waals surface area contributed by atoms with Gasteiger partial charge in [0.1, 0.15) is 0 Å². The van der Waals surface area contributed by atoms with E-state index in [0.717, 1.165) is 43.0 Å². The van der Waals surface area contributed by atoms with Crippen molar-refractivity contribution < 1.29 is 0 Å². The van der Waals surface area contributed by atoms with Crippen LogP contribution in [0.15, 0.2) is 0 Å². The zero-order valence-electron chi connectivity index (χ0n) is 11.5. The van der Waals surface area contributed by atoms with Crippen molar-refractivity contribution in [1.82, 2.24) is 0 Å². The molecule has 0 N–H and O–H groups in total. The van der Waals surface area contributed by atoms with Gasteiger partial charge in [-0.1, -0.05) is 0 Å². The molecule has 0 unspecified atom stereocenters. The average Bonchev–Trinajstić information content (AvgIpc) is 2.30. The quantitative estimate of drug-likeness (QED) is 0.224. The minimum atomic E-state index is -1.20. The monoisotopic (exact) mass is 474 g/mol. The molecule has 0 aromatic heterocycles. The van der Waals surface area contributed by atoms with Crippen LogP contribution in [0.3, 0.4) is 0 Å². The van der Waals surface area contributed by atoms with Crippen molar-refractivity contribution >= 4 is 57.2 Å². The summed E-state index contributed by atoms with van der Waals surface area (Å²) in [7, 11) is 0. The zero-order valence-corrected chi connectivity index (χ0v) is 18.4. The molecule has 0 saturated heterocycles. The van der Waals surface area contributed by atoms with Gasteiger partial charge in [0.2, 0.25) is 0 Å². The van der Waals surface area contributed by atoms with Crippen LogP contribution in [0, 0.1) is 0 Å². The number of hydrogen-bond donors (Lipinski definition) is 0. The Morgan fingerprint density at radius 3 is 1.24 bits per heavy atom. The summed E-state index contributed by atoms with van der Waals surface area (Å²) in [6.07, 6.45) is 8.34. The Kier molecular flexibility index (Phi) is 14.7. The fourth-order valence-corrected chi connectivity index (χ4v) is 41.4. The van der Waals surface area contributed by atoms with Gasteiger partial charge in [-0.15, -0.1) is 0 Å². The molecule has 0 nitrogen and oxygen atoms in total. The molecule has 0 radical (unpaired) electrons. The third kappa shape index (κ3) is 11.6. The first-order valence-electron chi connectivity index (χ1n) is 6.79. The summed E-state index contributed by atoms with van der Waals surface area (Å²) < 4.78 is -1.20. The van der Waals surface area contributed by atoms with E-state index in [1.807, 2.05) is 0 Å². The molecular formula is C12H27ClSe3Si. The van der Waals surface area contributed by atoms with Crippen LogP contribution in [0.5, 0.6) is 0 Å². The molecule has 0 bridgehead atoms. The molecule has 104 valence electrons. The Balaban J connectivity index is 3.95. The van der Waals surface area contributed by atoms with Crippen LogP contribution in [-0.4, -0.2) is 46.2 Å². The standard InChI is InChI=1S/C12H27ClSe3Si/c1-4-7-10-14-17(13,15-11-8-5-2)16-12-9-6-3/h4-12H2,1-3H3. The Morgan fingerprint density at radius 1 is 0.706 bits per heavy atom. The van der Waals surface area contributed by atoms with Gasteiger partial charge in [0.15, 0.2) is 0 Å². The van der Waals surface area contributed by atoms with Crippen molar-refractivity contribution in [2.24, 2.45) is 0 Å². The van der Waals surface area contributed by atoms with Crippen LogP contribution in [0.2, 0.25) is 16.0 Å². The molecule has 17 heavy (non-hydrogen) atoms. The normalized spacial score (nSPS) is 12.0. The molecule has 0 spiro atoms. The second-order valence-corrected chi connectivity index (χ2v) is 43.6. The Bertz CT molecular complexity index is 143. The van der Waals surface area contributed by atoms with E-state index in [4.69, 9.17) is 11.1 Å². The van der Waals surface area contributed by atoms with E-state index in [-0.39, 0.29) is 0 Å². The molecule has 0 aromatic rings. The van der Waals surface area contributed by atoms with E-state index in [1.165, 1.54) is 54.5 Å². The average molecular weight is 472 g/mol. The maximum absolute atomic E-state index is 7.07. The Hall–Kier alpha value is 2.07. The molecule has 0 aliphatic rings. The van der Waals surface area contributed by atoms with E-state index in [9.17, 15) is 0 Å². The van der Waals surface area contributed by atoms with Gasteiger partial charge in [-0.25, -0.2) is 0 Å². The number of rotatable bonds is 12. The third-order valence-electron chi connectivity index (χ3n) is 2.32. The van der Waals surface area contributed by atoms with Crippen LogP contribution in [-0.2, 0) is 0 Å². The van der Waals surface area contributed by atoms with Gasteiger partial charge in [0.05, 0.1) is 0 Å². The molecule has 5 heteroatoms.